The van der Waals surface area contributed by atoms with Crippen molar-refractivity contribution in [2.75, 3.05) is 38.2 Å². The fourth-order valence-electron chi connectivity index (χ4n) is 4.43. The molecule has 2 aromatic carbocycles. The molecular weight excluding hydrogens is 478 g/mol. The van der Waals surface area contributed by atoms with Gasteiger partial charge in [-0.15, -0.1) is 0 Å². The van der Waals surface area contributed by atoms with Crippen LogP contribution < -0.4 is 15.1 Å². The Balaban J connectivity index is 1.36. The summed E-state index contributed by atoms with van der Waals surface area (Å²) in [7, 11) is 1.64. The van der Waals surface area contributed by atoms with Crippen LogP contribution in [0.2, 0.25) is 5.02 Å². The highest BCUT2D eigenvalue weighted by atomic mass is 35.5. The molecular formula is C27H30ClN5O3. The standard InChI is InChI=1S/C27H30ClN5O3/c1-18-9-10-22(16-23(18)28)33-19(2)15-21(20(33)3)17-29-30-26(34)27(35)32-13-11-31(12-14-32)24-7-5-6-8-25(24)36-4/h5-10,15-17H,11-14H2,1-4H3,(H,30,34)/b29-17-. The minimum atomic E-state index is -0.754. The first-order chi connectivity index (χ1) is 17.3. The minimum Gasteiger partial charge on any atom is -0.495 e. The number of piperazine rings is 1. The van der Waals surface area contributed by atoms with E-state index in [0.717, 1.165) is 39.6 Å². The number of nitrogens with one attached hydrogen (secondary N) is 1. The highest BCUT2D eigenvalue weighted by Gasteiger charge is 2.27. The number of rotatable bonds is 5. The van der Waals surface area contributed by atoms with E-state index in [1.54, 1.807) is 18.2 Å². The predicted octanol–water partition coefficient (Wildman–Crippen LogP) is 3.86. The Bertz CT molecular complexity index is 1310. The molecule has 188 valence electrons. The summed E-state index contributed by atoms with van der Waals surface area (Å²) in [6.07, 6.45) is 1.55. The summed E-state index contributed by atoms with van der Waals surface area (Å²) in [5.74, 6) is -0.558. The molecule has 2 amide bonds. The molecule has 8 nitrogen and oxygen atoms in total. The van der Waals surface area contributed by atoms with Crippen LogP contribution in [0.3, 0.4) is 0 Å². The van der Waals surface area contributed by atoms with E-state index in [-0.39, 0.29) is 0 Å². The molecule has 9 heteroatoms. The summed E-state index contributed by atoms with van der Waals surface area (Å²) in [5, 5.41) is 4.74. The van der Waals surface area contributed by atoms with E-state index < -0.39 is 11.8 Å². The Kier molecular flexibility index (Phi) is 7.64. The number of methoxy groups -OCH3 is 1. The number of nitrogens with zero attached hydrogens (tertiary/aromatic N) is 4. The molecule has 0 bridgehead atoms. The molecule has 0 unspecified atom stereocenters. The van der Waals surface area contributed by atoms with Gasteiger partial charge in [0, 0.05) is 53.8 Å². The summed E-state index contributed by atoms with van der Waals surface area (Å²) in [4.78, 5) is 28.8. The second-order valence-corrected chi connectivity index (χ2v) is 9.15. The number of halogens is 1. The van der Waals surface area contributed by atoms with Crippen LogP contribution in [0, 0.1) is 20.8 Å². The van der Waals surface area contributed by atoms with Gasteiger partial charge in [0.15, 0.2) is 0 Å². The fraction of sp³-hybridized carbons (Fsp3) is 0.296. The maximum absolute atomic E-state index is 12.7. The third-order valence-corrected chi connectivity index (χ3v) is 6.85. The lowest BCUT2D eigenvalue weighted by Gasteiger charge is -2.36. The lowest BCUT2D eigenvalue weighted by Crippen LogP contribution is -2.52. The number of carbonyl (C=O) groups excluding carboxylic acids is 2. The molecule has 4 rings (SSSR count). The minimum absolute atomic E-state index is 0.439. The number of hydrogen-bond donors (Lipinski definition) is 1. The summed E-state index contributed by atoms with van der Waals surface area (Å²) in [6.45, 7) is 8.02. The number of hydrazone groups is 1. The molecule has 1 fully saturated rings. The van der Waals surface area contributed by atoms with Gasteiger partial charge in [0.05, 0.1) is 19.0 Å². The van der Waals surface area contributed by atoms with Gasteiger partial charge < -0.3 is 19.1 Å². The maximum atomic E-state index is 12.7. The number of amides is 2. The van der Waals surface area contributed by atoms with Gasteiger partial charge >= 0.3 is 11.8 Å². The number of anilines is 1. The van der Waals surface area contributed by atoms with Crippen LogP contribution in [-0.4, -0.2) is 60.8 Å². The maximum Gasteiger partial charge on any atom is 0.329 e. The molecule has 1 saturated heterocycles. The van der Waals surface area contributed by atoms with Crippen molar-refractivity contribution in [1.29, 1.82) is 0 Å². The van der Waals surface area contributed by atoms with Crippen LogP contribution in [0.1, 0.15) is 22.5 Å². The Morgan fingerprint density at radius 1 is 1.03 bits per heavy atom. The van der Waals surface area contributed by atoms with Gasteiger partial charge in [-0.1, -0.05) is 29.8 Å². The molecule has 3 aromatic rings. The SMILES string of the molecule is COc1ccccc1N1CCN(C(=O)C(=O)N/N=C\c2cc(C)n(-c3ccc(C)c(Cl)c3)c2C)CC1. The third kappa shape index (κ3) is 5.23. The van der Waals surface area contributed by atoms with Gasteiger partial charge in [-0.3, -0.25) is 9.59 Å². The lowest BCUT2D eigenvalue weighted by molar-refractivity contribution is -0.146. The Hall–Kier alpha value is -3.78. The number of para-hydroxylation sites is 2. The molecule has 1 N–H and O–H groups in total. The first-order valence-corrected chi connectivity index (χ1v) is 12.1. The quantitative estimate of drug-likeness (QED) is 0.323. The first kappa shape index (κ1) is 25.3. The van der Waals surface area contributed by atoms with Gasteiger partial charge in [-0.2, -0.15) is 5.10 Å². The van der Waals surface area contributed by atoms with E-state index in [0.29, 0.717) is 31.2 Å². The Morgan fingerprint density at radius 3 is 2.44 bits per heavy atom. The monoisotopic (exact) mass is 507 g/mol. The molecule has 0 aliphatic carbocycles. The van der Waals surface area contributed by atoms with Gasteiger partial charge in [-0.25, -0.2) is 5.43 Å². The topological polar surface area (TPSA) is 79.2 Å². The van der Waals surface area contributed by atoms with E-state index in [1.807, 2.05) is 69.3 Å². The molecule has 0 atom stereocenters. The zero-order valence-corrected chi connectivity index (χ0v) is 21.7. The van der Waals surface area contributed by atoms with Crippen LogP contribution in [-0.2, 0) is 9.59 Å². The van der Waals surface area contributed by atoms with Crippen molar-refractivity contribution >= 4 is 35.3 Å². The molecule has 2 heterocycles. The molecule has 0 spiro atoms. The summed E-state index contributed by atoms with van der Waals surface area (Å²) in [6, 6.07) is 15.6. The summed E-state index contributed by atoms with van der Waals surface area (Å²) >= 11 is 6.31. The fourth-order valence-corrected chi connectivity index (χ4v) is 4.60. The molecule has 1 aliphatic heterocycles. The zero-order chi connectivity index (χ0) is 25.8. The zero-order valence-electron chi connectivity index (χ0n) is 20.9. The smallest absolute Gasteiger partial charge is 0.329 e. The van der Waals surface area contributed by atoms with Crippen molar-refractivity contribution < 1.29 is 14.3 Å². The third-order valence-electron chi connectivity index (χ3n) is 6.44. The normalized spacial score (nSPS) is 13.8. The highest BCUT2D eigenvalue weighted by Crippen LogP contribution is 2.28. The Labute approximate surface area is 216 Å². The van der Waals surface area contributed by atoms with Crippen LogP contribution >= 0.6 is 11.6 Å². The van der Waals surface area contributed by atoms with E-state index in [9.17, 15) is 9.59 Å². The first-order valence-electron chi connectivity index (χ1n) is 11.8. The lowest BCUT2D eigenvalue weighted by atomic mass is 10.2. The Morgan fingerprint density at radius 2 is 1.75 bits per heavy atom. The number of aromatic nitrogens is 1. The van der Waals surface area contributed by atoms with Crippen LogP contribution in [0.5, 0.6) is 5.75 Å². The molecule has 1 aromatic heterocycles. The molecule has 36 heavy (non-hydrogen) atoms. The van der Waals surface area contributed by atoms with Gasteiger partial charge in [0.1, 0.15) is 5.75 Å². The van der Waals surface area contributed by atoms with Crippen molar-refractivity contribution in [1.82, 2.24) is 14.9 Å². The van der Waals surface area contributed by atoms with Gasteiger partial charge in [-0.05, 0) is 56.7 Å². The van der Waals surface area contributed by atoms with Gasteiger partial charge in [0.2, 0.25) is 0 Å². The molecule has 0 saturated carbocycles. The van der Waals surface area contributed by atoms with Crippen LogP contribution in [0.15, 0.2) is 53.6 Å². The number of hydrogen-bond acceptors (Lipinski definition) is 5. The van der Waals surface area contributed by atoms with E-state index in [1.165, 1.54) is 0 Å². The number of ether oxygens (including phenoxy) is 1. The van der Waals surface area contributed by atoms with Crippen molar-refractivity contribution in [2.45, 2.75) is 20.8 Å². The van der Waals surface area contributed by atoms with Crippen LogP contribution in [0.4, 0.5) is 5.69 Å². The molecule has 0 radical (unpaired) electrons. The van der Waals surface area contributed by atoms with E-state index in [4.69, 9.17) is 16.3 Å². The van der Waals surface area contributed by atoms with E-state index in [2.05, 4.69) is 20.0 Å². The van der Waals surface area contributed by atoms with Gasteiger partial charge in [0.25, 0.3) is 0 Å². The summed E-state index contributed by atoms with van der Waals surface area (Å²) < 4.78 is 7.50. The van der Waals surface area contributed by atoms with Crippen molar-refractivity contribution in [3.8, 4) is 11.4 Å². The van der Waals surface area contributed by atoms with Crippen LogP contribution in [0.25, 0.3) is 5.69 Å². The average molecular weight is 508 g/mol. The van der Waals surface area contributed by atoms with E-state index >= 15 is 0 Å². The number of carbonyl (C=O) groups is 2. The summed E-state index contributed by atoms with van der Waals surface area (Å²) in [5.41, 5.74) is 8.11. The highest BCUT2D eigenvalue weighted by molar-refractivity contribution is 6.35. The number of aryl methyl sites for hydroxylation is 2. The second-order valence-electron chi connectivity index (χ2n) is 8.75. The average Bonchev–Trinajstić information content (AvgIpc) is 3.17. The largest absolute Gasteiger partial charge is 0.495 e. The number of benzene rings is 2. The predicted molar refractivity (Wildman–Crippen MR) is 143 cm³/mol. The van der Waals surface area contributed by atoms with Crippen molar-refractivity contribution in [3.63, 3.8) is 0 Å². The molecule has 1 aliphatic rings. The second kappa shape index (κ2) is 10.9. The van der Waals surface area contributed by atoms with Crippen molar-refractivity contribution in [2.24, 2.45) is 5.10 Å². The van der Waals surface area contributed by atoms with Crippen molar-refractivity contribution in [3.05, 3.63) is 76.1 Å².